The number of carbonyl (C=O) groups is 2. The molecule has 8 heteroatoms. The SMILES string of the molecule is CCc1ccc(N(CC(=O)N(Cc2ccccc2C)[C@H](C)C(=O)NCC(C)C)S(C)(=O)=O)cc1. The number of anilines is 1. The van der Waals surface area contributed by atoms with Gasteiger partial charge in [-0.25, -0.2) is 8.42 Å². The van der Waals surface area contributed by atoms with Gasteiger partial charge in [-0.1, -0.05) is 57.2 Å². The van der Waals surface area contributed by atoms with Crippen LogP contribution in [0.2, 0.25) is 0 Å². The highest BCUT2D eigenvalue weighted by atomic mass is 32.2. The normalized spacial score (nSPS) is 12.3. The number of rotatable bonds is 11. The predicted molar refractivity (Wildman–Crippen MR) is 137 cm³/mol. The zero-order valence-electron chi connectivity index (χ0n) is 21.0. The maximum atomic E-state index is 13.5. The largest absolute Gasteiger partial charge is 0.354 e. The second kappa shape index (κ2) is 12.0. The smallest absolute Gasteiger partial charge is 0.244 e. The highest BCUT2D eigenvalue weighted by molar-refractivity contribution is 7.92. The summed E-state index contributed by atoms with van der Waals surface area (Å²) < 4.78 is 26.3. The molecule has 0 radical (unpaired) electrons. The van der Waals surface area contributed by atoms with Gasteiger partial charge in [0.25, 0.3) is 0 Å². The summed E-state index contributed by atoms with van der Waals surface area (Å²) in [4.78, 5) is 27.8. The second-order valence-corrected chi connectivity index (χ2v) is 11.0. The van der Waals surface area contributed by atoms with E-state index in [0.717, 1.165) is 33.7 Å². The Morgan fingerprint density at radius 2 is 1.62 bits per heavy atom. The number of sulfonamides is 1. The number of nitrogens with one attached hydrogen (secondary N) is 1. The highest BCUT2D eigenvalue weighted by Gasteiger charge is 2.30. The number of benzene rings is 2. The van der Waals surface area contributed by atoms with Crippen molar-refractivity contribution in [2.45, 2.75) is 53.6 Å². The fraction of sp³-hybridized carbons (Fsp3) is 0.462. The molecule has 1 atom stereocenters. The molecule has 0 spiro atoms. The van der Waals surface area contributed by atoms with E-state index < -0.39 is 28.5 Å². The van der Waals surface area contributed by atoms with Crippen molar-refractivity contribution >= 4 is 27.5 Å². The topological polar surface area (TPSA) is 86.8 Å². The Morgan fingerprint density at radius 3 is 2.15 bits per heavy atom. The average Bonchev–Trinajstić information content (AvgIpc) is 2.79. The van der Waals surface area contributed by atoms with Gasteiger partial charge in [-0.2, -0.15) is 0 Å². The lowest BCUT2D eigenvalue weighted by Gasteiger charge is -2.32. The molecule has 0 fully saturated rings. The lowest BCUT2D eigenvalue weighted by Crippen LogP contribution is -2.51. The van der Waals surface area contributed by atoms with Crippen LogP contribution in [0.25, 0.3) is 0 Å². The van der Waals surface area contributed by atoms with Crippen LogP contribution >= 0.6 is 0 Å². The number of carbonyl (C=O) groups excluding carboxylic acids is 2. The Morgan fingerprint density at radius 1 is 1.00 bits per heavy atom. The summed E-state index contributed by atoms with van der Waals surface area (Å²) in [5, 5.41) is 2.88. The fourth-order valence-electron chi connectivity index (χ4n) is 3.52. The van der Waals surface area contributed by atoms with E-state index in [1.165, 1.54) is 4.90 Å². The van der Waals surface area contributed by atoms with Crippen LogP contribution in [0.15, 0.2) is 48.5 Å². The van der Waals surface area contributed by atoms with E-state index in [4.69, 9.17) is 0 Å². The van der Waals surface area contributed by atoms with Crippen molar-refractivity contribution in [2.24, 2.45) is 5.92 Å². The summed E-state index contributed by atoms with van der Waals surface area (Å²) >= 11 is 0. The van der Waals surface area contributed by atoms with E-state index >= 15 is 0 Å². The molecule has 1 N–H and O–H groups in total. The van der Waals surface area contributed by atoms with E-state index in [1.54, 1.807) is 19.1 Å². The molecule has 0 aromatic heterocycles. The lowest BCUT2D eigenvalue weighted by atomic mass is 10.1. The van der Waals surface area contributed by atoms with E-state index in [-0.39, 0.29) is 18.4 Å². The Kier molecular flexibility index (Phi) is 9.67. The molecule has 0 saturated heterocycles. The zero-order chi connectivity index (χ0) is 25.5. The Labute approximate surface area is 204 Å². The zero-order valence-corrected chi connectivity index (χ0v) is 21.9. The minimum Gasteiger partial charge on any atom is -0.354 e. The molecule has 0 saturated carbocycles. The fourth-order valence-corrected chi connectivity index (χ4v) is 4.37. The molecule has 0 heterocycles. The summed E-state index contributed by atoms with van der Waals surface area (Å²) in [7, 11) is -3.73. The number of nitrogens with zero attached hydrogens (tertiary/aromatic N) is 2. The maximum absolute atomic E-state index is 13.5. The first-order valence-corrected chi connectivity index (χ1v) is 13.5. The summed E-state index contributed by atoms with van der Waals surface area (Å²) in [6, 6.07) is 14.0. The monoisotopic (exact) mass is 487 g/mol. The molecule has 2 amide bonds. The van der Waals surface area contributed by atoms with Crippen molar-refractivity contribution in [3.8, 4) is 0 Å². The van der Waals surface area contributed by atoms with Gasteiger partial charge in [0.2, 0.25) is 21.8 Å². The maximum Gasteiger partial charge on any atom is 0.244 e. The minimum atomic E-state index is -3.73. The molecule has 2 aromatic rings. The summed E-state index contributed by atoms with van der Waals surface area (Å²) in [6.45, 7) is 9.93. The first-order chi connectivity index (χ1) is 15.9. The molecule has 0 aliphatic carbocycles. The number of amides is 2. The van der Waals surface area contributed by atoms with Crippen LogP contribution in [0.5, 0.6) is 0 Å². The van der Waals surface area contributed by atoms with Crippen LogP contribution in [0.4, 0.5) is 5.69 Å². The van der Waals surface area contributed by atoms with Gasteiger partial charge in [-0.05, 0) is 55.0 Å². The number of hydrogen-bond acceptors (Lipinski definition) is 4. The Balaban J connectivity index is 2.37. The van der Waals surface area contributed by atoms with E-state index in [0.29, 0.717) is 12.2 Å². The highest BCUT2D eigenvalue weighted by Crippen LogP contribution is 2.20. The summed E-state index contributed by atoms with van der Waals surface area (Å²) in [5.41, 5.74) is 3.38. The average molecular weight is 488 g/mol. The standard InChI is InChI=1S/C26H37N3O4S/c1-7-22-12-14-24(15-13-22)29(34(6,32)33)18-25(30)28(17-23-11-9-8-10-20(23)4)21(5)26(31)27-16-19(2)3/h8-15,19,21H,7,16-18H2,1-6H3,(H,27,31)/t21-/m1/s1. The van der Waals surface area contributed by atoms with E-state index in [9.17, 15) is 18.0 Å². The van der Waals surface area contributed by atoms with Crippen LogP contribution < -0.4 is 9.62 Å². The van der Waals surface area contributed by atoms with Crippen molar-refractivity contribution in [1.29, 1.82) is 0 Å². The van der Waals surface area contributed by atoms with Gasteiger partial charge in [0.05, 0.1) is 11.9 Å². The van der Waals surface area contributed by atoms with E-state index in [1.807, 2.05) is 64.1 Å². The van der Waals surface area contributed by atoms with Crippen molar-refractivity contribution in [3.63, 3.8) is 0 Å². The van der Waals surface area contributed by atoms with Gasteiger partial charge in [-0.15, -0.1) is 0 Å². The molecule has 2 aromatic carbocycles. The third-order valence-electron chi connectivity index (χ3n) is 5.77. The molecule has 0 bridgehead atoms. The summed E-state index contributed by atoms with van der Waals surface area (Å²) in [5.74, 6) is -0.447. The van der Waals surface area contributed by atoms with Crippen molar-refractivity contribution < 1.29 is 18.0 Å². The van der Waals surface area contributed by atoms with Crippen molar-refractivity contribution in [1.82, 2.24) is 10.2 Å². The molecular weight excluding hydrogens is 450 g/mol. The molecule has 0 aliphatic rings. The quantitative estimate of drug-likeness (QED) is 0.525. The Hall–Kier alpha value is -2.87. The first-order valence-electron chi connectivity index (χ1n) is 11.6. The Bertz CT molecular complexity index is 1080. The van der Waals surface area contributed by atoms with Crippen LogP contribution in [-0.2, 0) is 32.6 Å². The minimum absolute atomic E-state index is 0.203. The predicted octanol–water partition coefficient (Wildman–Crippen LogP) is 3.51. The summed E-state index contributed by atoms with van der Waals surface area (Å²) in [6.07, 6.45) is 1.91. The van der Waals surface area contributed by atoms with Gasteiger partial charge in [0.1, 0.15) is 12.6 Å². The molecule has 2 rings (SSSR count). The molecule has 0 unspecified atom stereocenters. The van der Waals surface area contributed by atoms with Crippen LogP contribution in [0.3, 0.4) is 0 Å². The molecule has 186 valence electrons. The first kappa shape index (κ1) is 27.4. The second-order valence-electron chi connectivity index (χ2n) is 9.05. The van der Waals surface area contributed by atoms with Crippen LogP contribution in [-0.4, -0.2) is 50.5 Å². The molecule has 0 aliphatic heterocycles. The van der Waals surface area contributed by atoms with Gasteiger partial charge < -0.3 is 10.2 Å². The van der Waals surface area contributed by atoms with Crippen LogP contribution in [0, 0.1) is 12.8 Å². The van der Waals surface area contributed by atoms with Gasteiger partial charge in [0.15, 0.2) is 0 Å². The third kappa shape index (κ3) is 7.58. The molecular formula is C26H37N3O4S. The number of hydrogen-bond donors (Lipinski definition) is 1. The van der Waals surface area contributed by atoms with Crippen molar-refractivity contribution in [2.75, 3.05) is 23.7 Å². The number of aryl methyl sites for hydroxylation is 2. The van der Waals surface area contributed by atoms with Crippen LogP contribution in [0.1, 0.15) is 44.4 Å². The van der Waals surface area contributed by atoms with Gasteiger partial charge in [0, 0.05) is 13.1 Å². The lowest BCUT2D eigenvalue weighted by molar-refractivity contribution is -0.139. The van der Waals surface area contributed by atoms with Gasteiger partial charge in [-0.3, -0.25) is 13.9 Å². The van der Waals surface area contributed by atoms with E-state index in [2.05, 4.69) is 5.32 Å². The van der Waals surface area contributed by atoms with Gasteiger partial charge >= 0.3 is 0 Å². The third-order valence-corrected chi connectivity index (χ3v) is 6.91. The molecule has 34 heavy (non-hydrogen) atoms. The molecule has 7 nitrogen and oxygen atoms in total. The van der Waals surface area contributed by atoms with Crippen molar-refractivity contribution in [3.05, 3.63) is 65.2 Å².